The minimum atomic E-state index is -0.143. The molecule has 3 rings (SSSR count). The molecule has 1 aliphatic rings. The second kappa shape index (κ2) is 9.18. The standard InChI is InChI=1S/C20H17Cl2NO3S2/c1-12-4-3-5-14(8-12)25-6-7-26-18-15(21)9-13(10-16(18)22)11-17-19(24)23(2)20(27)28-17/h3-5,8-11H,6-7H2,1-2H3. The zero-order chi connectivity index (χ0) is 20.3. The minimum absolute atomic E-state index is 0.143. The van der Waals surface area contributed by atoms with Gasteiger partial charge in [-0.2, -0.15) is 0 Å². The van der Waals surface area contributed by atoms with Gasteiger partial charge in [0.15, 0.2) is 5.75 Å². The molecular formula is C20H17Cl2NO3S2. The van der Waals surface area contributed by atoms with E-state index in [0.29, 0.717) is 43.8 Å². The first-order chi connectivity index (χ1) is 13.3. The van der Waals surface area contributed by atoms with Gasteiger partial charge in [0.2, 0.25) is 0 Å². The number of amides is 1. The fraction of sp³-hybridized carbons (Fsp3) is 0.200. The Hall–Kier alpha value is -1.73. The van der Waals surface area contributed by atoms with Gasteiger partial charge in [-0.05, 0) is 48.4 Å². The lowest BCUT2D eigenvalue weighted by Crippen LogP contribution is -2.22. The van der Waals surface area contributed by atoms with Crippen molar-refractivity contribution >= 4 is 63.5 Å². The maximum atomic E-state index is 12.1. The molecule has 2 aromatic rings. The number of benzene rings is 2. The molecule has 0 atom stereocenters. The molecule has 0 unspecified atom stereocenters. The third-order valence-electron chi connectivity index (χ3n) is 3.89. The summed E-state index contributed by atoms with van der Waals surface area (Å²) in [7, 11) is 1.65. The highest BCUT2D eigenvalue weighted by atomic mass is 35.5. The van der Waals surface area contributed by atoms with E-state index in [1.807, 2.05) is 31.2 Å². The van der Waals surface area contributed by atoms with Crippen molar-refractivity contribution in [1.82, 2.24) is 4.90 Å². The second-order valence-electron chi connectivity index (χ2n) is 6.07. The summed E-state index contributed by atoms with van der Waals surface area (Å²) in [6, 6.07) is 11.2. The van der Waals surface area contributed by atoms with Crippen LogP contribution >= 0.6 is 47.2 Å². The molecule has 0 N–H and O–H groups in total. The lowest BCUT2D eigenvalue weighted by atomic mass is 10.2. The van der Waals surface area contributed by atoms with Crippen molar-refractivity contribution in [3.63, 3.8) is 0 Å². The van der Waals surface area contributed by atoms with E-state index in [4.69, 9.17) is 44.9 Å². The molecule has 0 saturated carbocycles. The summed E-state index contributed by atoms with van der Waals surface area (Å²) < 4.78 is 11.9. The molecule has 1 amide bonds. The number of hydrogen-bond acceptors (Lipinski definition) is 5. The van der Waals surface area contributed by atoms with Crippen molar-refractivity contribution < 1.29 is 14.3 Å². The Balaban J connectivity index is 1.64. The third-order valence-corrected chi connectivity index (χ3v) is 5.94. The number of nitrogens with zero attached hydrogens (tertiary/aromatic N) is 1. The Morgan fingerprint density at radius 1 is 1.14 bits per heavy atom. The lowest BCUT2D eigenvalue weighted by Gasteiger charge is -2.12. The van der Waals surface area contributed by atoms with Crippen LogP contribution in [0.4, 0.5) is 0 Å². The Labute approximate surface area is 183 Å². The first kappa shape index (κ1) is 21.0. The predicted molar refractivity (Wildman–Crippen MR) is 120 cm³/mol. The molecule has 1 heterocycles. The predicted octanol–water partition coefficient (Wildman–Crippen LogP) is 5.59. The maximum absolute atomic E-state index is 12.1. The Bertz CT molecular complexity index is 939. The van der Waals surface area contributed by atoms with Crippen LogP contribution in [0.5, 0.6) is 11.5 Å². The average molecular weight is 454 g/mol. The third kappa shape index (κ3) is 5.00. The quantitative estimate of drug-likeness (QED) is 0.323. The van der Waals surface area contributed by atoms with Gasteiger partial charge in [-0.25, -0.2) is 0 Å². The van der Waals surface area contributed by atoms with E-state index in [-0.39, 0.29) is 5.91 Å². The van der Waals surface area contributed by atoms with Crippen molar-refractivity contribution in [2.75, 3.05) is 20.3 Å². The molecule has 0 bridgehead atoms. The number of rotatable bonds is 6. The molecule has 4 nitrogen and oxygen atoms in total. The minimum Gasteiger partial charge on any atom is -0.490 e. The SMILES string of the molecule is Cc1cccc(OCCOc2c(Cl)cc(C=C3SC(=S)N(C)C3=O)cc2Cl)c1. The number of thioether (sulfide) groups is 1. The van der Waals surface area contributed by atoms with Crippen molar-refractivity contribution in [2.24, 2.45) is 0 Å². The number of ether oxygens (including phenoxy) is 2. The summed E-state index contributed by atoms with van der Waals surface area (Å²) in [5.41, 5.74) is 1.83. The van der Waals surface area contributed by atoms with Crippen LogP contribution < -0.4 is 9.47 Å². The van der Waals surface area contributed by atoms with E-state index < -0.39 is 0 Å². The van der Waals surface area contributed by atoms with Crippen LogP contribution in [-0.4, -0.2) is 35.4 Å². The Kier molecular flexibility index (Phi) is 6.88. The highest BCUT2D eigenvalue weighted by Gasteiger charge is 2.28. The number of hydrogen-bond donors (Lipinski definition) is 0. The van der Waals surface area contributed by atoms with E-state index in [0.717, 1.165) is 11.3 Å². The van der Waals surface area contributed by atoms with E-state index in [1.54, 1.807) is 25.3 Å². The van der Waals surface area contributed by atoms with Crippen molar-refractivity contribution in [3.8, 4) is 11.5 Å². The number of halogens is 2. The molecule has 1 saturated heterocycles. The van der Waals surface area contributed by atoms with Crippen LogP contribution in [0.1, 0.15) is 11.1 Å². The molecular weight excluding hydrogens is 437 g/mol. The number of thiocarbonyl (C=S) groups is 1. The lowest BCUT2D eigenvalue weighted by molar-refractivity contribution is -0.121. The monoisotopic (exact) mass is 453 g/mol. The average Bonchev–Trinajstić information content (AvgIpc) is 2.87. The Morgan fingerprint density at radius 3 is 2.43 bits per heavy atom. The van der Waals surface area contributed by atoms with Gasteiger partial charge in [-0.15, -0.1) is 0 Å². The number of carbonyl (C=O) groups is 1. The molecule has 0 aliphatic carbocycles. The molecule has 2 aromatic carbocycles. The maximum Gasteiger partial charge on any atom is 0.265 e. The summed E-state index contributed by atoms with van der Waals surface area (Å²) in [4.78, 5) is 14.1. The zero-order valence-corrected chi connectivity index (χ0v) is 18.3. The molecule has 0 spiro atoms. The van der Waals surface area contributed by atoms with Crippen LogP contribution in [0.25, 0.3) is 6.08 Å². The molecule has 1 aliphatic heterocycles. The van der Waals surface area contributed by atoms with Crippen molar-refractivity contribution in [1.29, 1.82) is 0 Å². The molecule has 146 valence electrons. The zero-order valence-electron chi connectivity index (χ0n) is 15.2. The second-order valence-corrected chi connectivity index (χ2v) is 8.56. The van der Waals surface area contributed by atoms with Gasteiger partial charge < -0.3 is 9.47 Å². The summed E-state index contributed by atoms with van der Waals surface area (Å²) in [5, 5.41) is 0.725. The van der Waals surface area contributed by atoms with Gasteiger partial charge in [0, 0.05) is 7.05 Å². The molecule has 1 fully saturated rings. The largest absolute Gasteiger partial charge is 0.490 e. The summed E-state index contributed by atoms with van der Waals surface area (Å²) in [6.07, 6.45) is 1.71. The van der Waals surface area contributed by atoms with Gasteiger partial charge in [0.05, 0.1) is 15.0 Å². The summed E-state index contributed by atoms with van der Waals surface area (Å²) in [5.74, 6) is 1.02. The van der Waals surface area contributed by atoms with Crippen LogP contribution in [0.3, 0.4) is 0 Å². The van der Waals surface area contributed by atoms with Gasteiger partial charge in [-0.1, -0.05) is 59.3 Å². The number of likely N-dealkylation sites (N-methyl/N-ethyl adjacent to an activating group) is 1. The molecule has 0 aromatic heterocycles. The molecule has 0 radical (unpaired) electrons. The molecule has 28 heavy (non-hydrogen) atoms. The van der Waals surface area contributed by atoms with E-state index >= 15 is 0 Å². The van der Waals surface area contributed by atoms with Gasteiger partial charge in [0.1, 0.15) is 23.3 Å². The fourth-order valence-corrected chi connectivity index (χ4v) is 4.30. The first-order valence-electron chi connectivity index (χ1n) is 8.38. The van der Waals surface area contributed by atoms with Gasteiger partial charge >= 0.3 is 0 Å². The van der Waals surface area contributed by atoms with E-state index in [2.05, 4.69) is 0 Å². The Morgan fingerprint density at radius 2 is 1.82 bits per heavy atom. The smallest absolute Gasteiger partial charge is 0.265 e. The molecule has 8 heteroatoms. The van der Waals surface area contributed by atoms with Crippen LogP contribution in [0.2, 0.25) is 10.0 Å². The highest BCUT2D eigenvalue weighted by molar-refractivity contribution is 8.26. The summed E-state index contributed by atoms with van der Waals surface area (Å²) in [6.45, 7) is 2.65. The van der Waals surface area contributed by atoms with Crippen LogP contribution in [-0.2, 0) is 4.79 Å². The number of aryl methyl sites for hydroxylation is 1. The van der Waals surface area contributed by atoms with Gasteiger partial charge in [-0.3, -0.25) is 9.69 Å². The van der Waals surface area contributed by atoms with Crippen LogP contribution in [0.15, 0.2) is 41.3 Å². The summed E-state index contributed by atoms with van der Waals surface area (Å²) >= 11 is 19.0. The van der Waals surface area contributed by atoms with E-state index in [1.165, 1.54) is 16.7 Å². The number of carbonyl (C=O) groups excluding carboxylic acids is 1. The normalized spacial score (nSPS) is 15.4. The highest BCUT2D eigenvalue weighted by Crippen LogP contribution is 2.37. The topological polar surface area (TPSA) is 38.8 Å². The van der Waals surface area contributed by atoms with Crippen molar-refractivity contribution in [2.45, 2.75) is 6.92 Å². The fourth-order valence-electron chi connectivity index (χ4n) is 2.51. The first-order valence-corrected chi connectivity index (χ1v) is 10.4. The van der Waals surface area contributed by atoms with Gasteiger partial charge in [0.25, 0.3) is 5.91 Å². The van der Waals surface area contributed by atoms with E-state index in [9.17, 15) is 4.79 Å². The van der Waals surface area contributed by atoms with Crippen molar-refractivity contribution in [3.05, 3.63) is 62.5 Å². The van der Waals surface area contributed by atoms with Crippen LogP contribution in [0, 0.1) is 6.92 Å².